The fraction of sp³-hybridized carbons (Fsp3) is 0.0556. The van der Waals surface area contributed by atoms with Crippen LogP contribution in [0, 0.1) is 0 Å². The second kappa shape index (κ2) is 5.88. The number of nitrogens with zero attached hydrogens (tertiary/aromatic N) is 3. The molecule has 0 radical (unpaired) electrons. The summed E-state index contributed by atoms with van der Waals surface area (Å²) in [6.45, 7) is 0.556. The molecule has 0 amide bonds. The largest absolute Gasteiger partial charge is 0.457 e. The van der Waals surface area contributed by atoms with Crippen LogP contribution in [0.4, 0.5) is 0 Å². The topological polar surface area (TPSA) is 56.6 Å². The second-order valence-corrected chi connectivity index (χ2v) is 5.00. The van der Waals surface area contributed by atoms with E-state index in [4.69, 9.17) is 9.47 Å². The van der Waals surface area contributed by atoms with Gasteiger partial charge in [0.1, 0.15) is 23.6 Å². The van der Waals surface area contributed by atoms with Crippen LogP contribution >= 0.6 is 0 Å². The first-order chi connectivity index (χ1) is 11.4. The van der Waals surface area contributed by atoms with Crippen molar-refractivity contribution in [3.05, 3.63) is 72.2 Å². The zero-order valence-electron chi connectivity index (χ0n) is 12.2. The van der Waals surface area contributed by atoms with E-state index in [9.17, 15) is 0 Å². The van der Waals surface area contributed by atoms with Crippen LogP contribution in [0.25, 0.3) is 0 Å². The van der Waals surface area contributed by atoms with E-state index in [1.807, 2.05) is 54.6 Å². The minimum absolute atomic E-state index is 0.546. The molecule has 0 N–H and O–H groups in total. The molecule has 0 spiro atoms. The van der Waals surface area contributed by atoms with Crippen molar-refractivity contribution >= 4 is 6.21 Å². The predicted octanol–water partition coefficient (Wildman–Crippen LogP) is 3.99. The van der Waals surface area contributed by atoms with E-state index in [1.165, 1.54) is 6.33 Å². The van der Waals surface area contributed by atoms with Crippen LogP contribution in [0.3, 0.4) is 0 Å². The Morgan fingerprint density at radius 3 is 2.22 bits per heavy atom. The van der Waals surface area contributed by atoms with E-state index < -0.39 is 0 Å². The molecule has 5 heteroatoms. The molecule has 0 saturated carbocycles. The van der Waals surface area contributed by atoms with Gasteiger partial charge in [-0.15, -0.1) is 0 Å². The molecule has 112 valence electrons. The van der Waals surface area contributed by atoms with Gasteiger partial charge in [0.2, 0.25) is 5.88 Å². The zero-order chi connectivity index (χ0) is 15.5. The summed E-state index contributed by atoms with van der Waals surface area (Å²) >= 11 is 0. The van der Waals surface area contributed by atoms with Crippen molar-refractivity contribution in [2.45, 2.75) is 6.54 Å². The molecule has 0 bridgehead atoms. The van der Waals surface area contributed by atoms with Crippen molar-refractivity contribution < 1.29 is 9.47 Å². The number of hydrogen-bond donors (Lipinski definition) is 0. The number of ether oxygens (including phenoxy) is 2. The second-order valence-electron chi connectivity index (χ2n) is 5.00. The van der Waals surface area contributed by atoms with Crippen LogP contribution in [-0.2, 0) is 6.54 Å². The average Bonchev–Trinajstić information content (AvgIpc) is 3.07. The monoisotopic (exact) mass is 303 g/mol. The Hall–Kier alpha value is -3.21. The number of fused-ring (bicyclic) bond motifs is 1. The van der Waals surface area contributed by atoms with Gasteiger partial charge in [0.05, 0.1) is 17.8 Å². The number of rotatable bonds is 4. The molecule has 5 nitrogen and oxygen atoms in total. The number of aliphatic imine (C=N–C) groups is 1. The predicted molar refractivity (Wildman–Crippen MR) is 86.4 cm³/mol. The first-order valence-corrected chi connectivity index (χ1v) is 7.23. The molecular weight excluding hydrogens is 290 g/mol. The Bertz CT molecular complexity index is 846. The summed E-state index contributed by atoms with van der Waals surface area (Å²) in [4.78, 5) is 12.5. The Balaban J connectivity index is 1.50. The number of para-hydroxylation sites is 1. The van der Waals surface area contributed by atoms with E-state index in [-0.39, 0.29) is 0 Å². The van der Waals surface area contributed by atoms with Crippen LogP contribution in [0.2, 0.25) is 0 Å². The lowest BCUT2D eigenvalue weighted by Gasteiger charge is -2.09. The first kappa shape index (κ1) is 13.5. The van der Waals surface area contributed by atoms with Crippen LogP contribution < -0.4 is 9.47 Å². The van der Waals surface area contributed by atoms with Crippen LogP contribution in [0.5, 0.6) is 23.1 Å². The van der Waals surface area contributed by atoms with E-state index >= 15 is 0 Å². The standard InChI is InChI=1S/C18H13N3O2/c1-2-4-13(5-3-1)22-14-6-8-15(9-7-14)23-18-16-10-19-11-17(16)20-12-21-18/h1-9,11-12H,10H2. The highest BCUT2D eigenvalue weighted by Crippen LogP contribution is 2.29. The Morgan fingerprint density at radius 2 is 1.43 bits per heavy atom. The molecule has 23 heavy (non-hydrogen) atoms. The Labute approximate surface area is 133 Å². The van der Waals surface area contributed by atoms with Gasteiger partial charge in [-0.3, -0.25) is 4.99 Å². The fourth-order valence-corrected chi connectivity index (χ4v) is 2.29. The maximum atomic E-state index is 5.84. The summed E-state index contributed by atoms with van der Waals surface area (Å²) in [6, 6.07) is 17.1. The molecule has 0 aliphatic carbocycles. The van der Waals surface area contributed by atoms with Crippen LogP contribution in [0.15, 0.2) is 65.9 Å². The van der Waals surface area contributed by atoms with E-state index in [0.717, 1.165) is 22.8 Å². The van der Waals surface area contributed by atoms with Crippen LogP contribution in [-0.4, -0.2) is 16.2 Å². The number of hydrogen-bond acceptors (Lipinski definition) is 5. The van der Waals surface area contributed by atoms with Crippen molar-refractivity contribution in [3.63, 3.8) is 0 Å². The van der Waals surface area contributed by atoms with Gasteiger partial charge in [0.25, 0.3) is 0 Å². The van der Waals surface area contributed by atoms with Gasteiger partial charge >= 0.3 is 0 Å². The highest BCUT2D eigenvalue weighted by atomic mass is 16.5. The molecule has 3 aromatic rings. The smallest absolute Gasteiger partial charge is 0.228 e. The summed E-state index contributed by atoms with van der Waals surface area (Å²) in [5, 5.41) is 0. The molecule has 0 unspecified atom stereocenters. The third-order valence-electron chi connectivity index (χ3n) is 3.42. The molecule has 2 aromatic carbocycles. The van der Waals surface area contributed by atoms with E-state index in [2.05, 4.69) is 15.0 Å². The minimum atomic E-state index is 0.546. The van der Waals surface area contributed by atoms with E-state index in [0.29, 0.717) is 18.2 Å². The normalized spacial score (nSPS) is 12.0. The molecule has 4 rings (SSSR count). The average molecular weight is 303 g/mol. The van der Waals surface area contributed by atoms with Gasteiger partial charge in [-0.25, -0.2) is 9.97 Å². The number of benzene rings is 2. The van der Waals surface area contributed by atoms with Crippen molar-refractivity contribution in [1.82, 2.24) is 9.97 Å². The molecule has 0 atom stereocenters. The lowest BCUT2D eigenvalue weighted by molar-refractivity contribution is 0.450. The van der Waals surface area contributed by atoms with Crippen molar-refractivity contribution in [2.24, 2.45) is 4.99 Å². The summed E-state index contributed by atoms with van der Waals surface area (Å²) in [7, 11) is 0. The SMILES string of the molecule is C1=NCc2c1ncnc2Oc1ccc(Oc2ccccc2)cc1. The Kier molecular flexibility index (Phi) is 3.44. The van der Waals surface area contributed by atoms with E-state index in [1.54, 1.807) is 6.21 Å². The van der Waals surface area contributed by atoms with Gasteiger partial charge in [-0.05, 0) is 36.4 Å². The maximum Gasteiger partial charge on any atom is 0.228 e. The molecule has 1 aliphatic heterocycles. The maximum absolute atomic E-state index is 5.84. The summed E-state index contributed by atoms with van der Waals surface area (Å²) in [5.74, 6) is 2.79. The van der Waals surface area contributed by atoms with Crippen molar-refractivity contribution in [2.75, 3.05) is 0 Å². The molecule has 1 aromatic heterocycles. The van der Waals surface area contributed by atoms with Gasteiger partial charge < -0.3 is 9.47 Å². The third kappa shape index (κ3) is 2.89. The summed E-state index contributed by atoms with van der Waals surface area (Å²) in [6.07, 6.45) is 3.22. The highest BCUT2D eigenvalue weighted by molar-refractivity contribution is 5.82. The molecule has 1 aliphatic rings. The molecular formula is C18H13N3O2. The fourth-order valence-electron chi connectivity index (χ4n) is 2.29. The zero-order valence-corrected chi connectivity index (χ0v) is 12.2. The Morgan fingerprint density at radius 1 is 0.739 bits per heavy atom. The minimum Gasteiger partial charge on any atom is -0.457 e. The third-order valence-corrected chi connectivity index (χ3v) is 3.42. The van der Waals surface area contributed by atoms with Crippen molar-refractivity contribution in [1.29, 1.82) is 0 Å². The molecule has 0 fully saturated rings. The van der Waals surface area contributed by atoms with Gasteiger partial charge in [0, 0.05) is 6.21 Å². The molecule has 2 heterocycles. The van der Waals surface area contributed by atoms with Crippen LogP contribution in [0.1, 0.15) is 11.3 Å². The van der Waals surface area contributed by atoms with Crippen molar-refractivity contribution in [3.8, 4) is 23.1 Å². The van der Waals surface area contributed by atoms with Gasteiger partial charge in [-0.2, -0.15) is 0 Å². The highest BCUT2D eigenvalue weighted by Gasteiger charge is 2.15. The summed E-state index contributed by atoms with van der Waals surface area (Å²) < 4.78 is 11.6. The number of aromatic nitrogens is 2. The lowest BCUT2D eigenvalue weighted by Crippen LogP contribution is -1.97. The molecule has 0 saturated heterocycles. The first-order valence-electron chi connectivity index (χ1n) is 7.23. The lowest BCUT2D eigenvalue weighted by atomic mass is 10.2. The quantitative estimate of drug-likeness (QED) is 0.731. The summed E-state index contributed by atoms with van der Waals surface area (Å²) in [5.41, 5.74) is 1.73. The van der Waals surface area contributed by atoms with Gasteiger partial charge in [-0.1, -0.05) is 18.2 Å². The van der Waals surface area contributed by atoms with Gasteiger partial charge in [0.15, 0.2) is 0 Å².